The van der Waals surface area contributed by atoms with E-state index in [0.717, 1.165) is 19.4 Å². The lowest BCUT2D eigenvalue weighted by Gasteiger charge is -2.32. The smallest absolute Gasteiger partial charge is 0.324 e. The van der Waals surface area contributed by atoms with E-state index < -0.39 is 6.04 Å². The first kappa shape index (κ1) is 13.9. The predicted molar refractivity (Wildman–Crippen MR) is 76.3 cm³/mol. The number of aryl methyl sites for hydroxylation is 2. The van der Waals surface area contributed by atoms with Crippen molar-refractivity contribution in [3.05, 3.63) is 29.3 Å². The van der Waals surface area contributed by atoms with E-state index in [1.165, 1.54) is 16.8 Å². The van der Waals surface area contributed by atoms with Gasteiger partial charge >= 0.3 is 5.97 Å². The van der Waals surface area contributed by atoms with Crippen LogP contribution >= 0.6 is 0 Å². The normalized spacial score (nSPS) is 15.8. The van der Waals surface area contributed by atoms with Gasteiger partial charge in [0.25, 0.3) is 0 Å². The molecule has 0 aromatic heterocycles. The molecule has 4 heteroatoms. The van der Waals surface area contributed by atoms with Crippen LogP contribution in [0.1, 0.15) is 24.5 Å². The Bertz CT molecular complexity index is 459. The number of carbonyl (C=O) groups excluding carboxylic acids is 1. The Hall–Kier alpha value is -1.55. The average molecular weight is 262 g/mol. The molecule has 2 rings (SSSR count). The minimum Gasteiger partial charge on any atom is -0.465 e. The van der Waals surface area contributed by atoms with Gasteiger partial charge in [0.05, 0.1) is 6.61 Å². The number of esters is 1. The van der Waals surface area contributed by atoms with Gasteiger partial charge in [0, 0.05) is 18.8 Å². The predicted octanol–water partition coefficient (Wildman–Crippen LogP) is 1.64. The second-order valence-corrected chi connectivity index (χ2v) is 5.04. The van der Waals surface area contributed by atoms with E-state index >= 15 is 0 Å². The summed E-state index contributed by atoms with van der Waals surface area (Å²) < 4.78 is 4.96. The van der Waals surface area contributed by atoms with Crippen LogP contribution in [-0.4, -0.2) is 31.7 Å². The number of hydrogen-bond donors (Lipinski definition) is 1. The number of nitrogens with two attached hydrogens (primary N) is 1. The average Bonchev–Trinajstić information content (AvgIpc) is 2.38. The van der Waals surface area contributed by atoms with Crippen LogP contribution in [0.4, 0.5) is 5.69 Å². The molecule has 1 atom stereocenters. The molecule has 2 N–H and O–H groups in total. The molecular formula is C15H22N2O2. The van der Waals surface area contributed by atoms with Crippen LogP contribution in [0.2, 0.25) is 0 Å². The molecule has 1 heterocycles. The second kappa shape index (κ2) is 6.06. The van der Waals surface area contributed by atoms with Gasteiger partial charge in [0.2, 0.25) is 0 Å². The van der Waals surface area contributed by atoms with E-state index in [-0.39, 0.29) is 5.97 Å². The van der Waals surface area contributed by atoms with Crippen molar-refractivity contribution in [2.75, 3.05) is 24.6 Å². The van der Waals surface area contributed by atoms with Gasteiger partial charge < -0.3 is 15.4 Å². The Balaban J connectivity index is 2.09. The molecule has 0 saturated heterocycles. The van der Waals surface area contributed by atoms with Crippen molar-refractivity contribution in [3.8, 4) is 0 Å². The minimum absolute atomic E-state index is 0.318. The van der Waals surface area contributed by atoms with E-state index in [0.29, 0.717) is 13.2 Å². The topological polar surface area (TPSA) is 55.6 Å². The quantitative estimate of drug-likeness (QED) is 0.838. The number of benzene rings is 1. The molecule has 0 fully saturated rings. The van der Waals surface area contributed by atoms with Crippen LogP contribution in [0.25, 0.3) is 0 Å². The lowest BCUT2D eigenvalue weighted by molar-refractivity contribution is -0.144. The Morgan fingerprint density at radius 2 is 2.32 bits per heavy atom. The Morgan fingerprint density at radius 1 is 1.53 bits per heavy atom. The van der Waals surface area contributed by atoms with Crippen molar-refractivity contribution in [1.82, 2.24) is 0 Å². The van der Waals surface area contributed by atoms with Gasteiger partial charge in [-0.15, -0.1) is 0 Å². The van der Waals surface area contributed by atoms with Crippen LogP contribution in [0.15, 0.2) is 18.2 Å². The SMILES string of the molecule is CCOC(=O)C(N)CN1CCCc2cc(C)ccc21. The Kier molecular flexibility index (Phi) is 4.43. The third-order valence-corrected chi connectivity index (χ3v) is 3.46. The van der Waals surface area contributed by atoms with E-state index in [2.05, 4.69) is 30.0 Å². The molecule has 1 aliphatic rings. The molecular weight excluding hydrogens is 240 g/mol. The molecule has 0 aliphatic carbocycles. The molecule has 1 aromatic rings. The van der Waals surface area contributed by atoms with Crippen molar-refractivity contribution in [3.63, 3.8) is 0 Å². The molecule has 1 aliphatic heterocycles. The van der Waals surface area contributed by atoms with Crippen LogP contribution in [0.5, 0.6) is 0 Å². The van der Waals surface area contributed by atoms with Gasteiger partial charge in [-0.2, -0.15) is 0 Å². The largest absolute Gasteiger partial charge is 0.465 e. The summed E-state index contributed by atoms with van der Waals surface area (Å²) >= 11 is 0. The van der Waals surface area contributed by atoms with Gasteiger partial charge in [-0.3, -0.25) is 4.79 Å². The zero-order valence-electron chi connectivity index (χ0n) is 11.7. The summed E-state index contributed by atoms with van der Waals surface area (Å²) in [6, 6.07) is 5.87. The van der Waals surface area contributed by atoms with E-state index in [1.54, 1.807) is 6.92 Å². The number of rotatable bonds is 4. The first-order valence-corrected chi connectivity index (χ1v) is 6.88. The second-order valence-electron chi connectivity index (χ2n) is 5.04. The number of ether oxygens (including phenoxy) is 1. The molecule has 104 valence electrons. The molecule has 4 nitrogen and oxygen atoms in total. The maximum absolute atomic E-state index is 11.6. The molecule has 0 saturated carbocycles. The lowest BCUT2D eigenvalue weighted by atomic mass is 9.99. The van der Waals surface area contributed by atoms with E-state index in [9.17, 15) is 4.79 Å². The summed E-state index contributed by atoms with van der Waals surface area (Å²) in [5.74, 6) is -0.318. The highest BCUT2D eigenvalue weighted by molar-refractivity contribution is 5.76. The van der Waals surface area contributed by atoms with Crippen LogP contribution < -0.4 is 10.6 Å². The number of nitrogens with zero attached hydrogens (tertiary/aromatic N) is 1. The highest BCUT2D eigenvalue weighted by atomic mass is 16.5. The van der Waals surface area contributed by atoms with Gasteiger partial charge in [-0.25, -0.2) is 0 Å². The maximum atomic E-state index is 11.6. The van der Waals surface area contributed by atoms with Crippen molar-refractivity contribution in [1.29, 1.82) is 0 Å². The zero-order valence-corrected chi connectivity index (χ0v) is 11.7. The molecule has 0 spiro atoms. The summed E-state index contributed by atoms with van der Waals surface area (Å²) in [5, 5.41) is 0. The monoisotopic (exact) mass is 262 g/mol. The fraction of sp³-hybridized carbons (Fsp3) is 0.533. The summed E-state index contributed by atoms with van der Waals surface area (Å²) in [7, 11) is 0. The first-order valence-electron chi connectivity index (χ1n) is 6.88. The van der Waals surface area contributed by atoms with Gasteiger partial charge in [0.1, 0.15) is 6.04 Å². The summed E-state index contributed by atoms with van der Waals surface area (Å²) in [6.07, 6.45) is 2.20. The number of carbonyl (C=O) groups is 1. The third kappa shape index (κ3) is 3.26. The number of anilines is 1. The first-order chi connectivity index (χ1) is 9.11. The summed E-state index contributed by atoms with van der Waals surface area (Å²) in [4.78, 5) is 13.8. The third-order valence-electron chi connectivity index (χ3n) is 3.46. The van der Waals surface area contributed by atoms with Crippen LogP contribution in [-0.2, 0) is 16.0 Å². The van der Waals surface area contributed by atoms with Gasteiger partial charge in [-0.05, 0) is 38.3 Å². The maximum Gasteiger partial charge on any atom is 0.324 e. The molecule has 0 radical (unpaired) electrons. The van der Waals surface area contributed by atoms with Crippen LogP contribution in [0.3, 0.4) is 0 Å². The molecule has 1 unspecified atom stereocenters. The molecule has 19 heavy (non-hydrogen) atoms. The fourth-order valence-electron chi connectivity index (χ4n) is 2.55. The molecule has 0 amide bonds. The fourth-order valence-corrected chi connectivity index (χ4v) is 2.55. The Labute approximate surface area is 114 Å². The number of fused-ring (bicyclic) bond motifs is 1. The zero-order chi connectivity index (χ0) is 13.8. The minimum atomic E-state index is -0.577. The van der Waals surface area contributed by atoms with Crippen LogP contribution in [0, 0.1) is 6.92 Å². The molecule has 0 bridgehead atoms. The summed E-state index contributed by atoms with van der Waals surface area (Å²) in [5.41, 5.74) is 9.73. The van der Waals surface area contributed by atoms with Crippen molar-refractivity contribution in [2.45, 2.75) is 32.7 Å². The number of hydrogen-bond acceptors (Lipinski definition) is 4. The van der Waals surface area contributed by atoms with Crippen molar-refractivity contribution >= 4 is 11.7 Å². The van der Waals surface area contributed by atoms with Crippen molar-refractivity contribution < 1.29 is 9.53 Å². The Morgan fingerprint density at radius 3 is 3.05 bits per heavy atom. The van der Waals surface area contributed by atoms with E-state index in [4.69, 9.17) is 10.5 Å². The highest BCUT2D eigenvalue weighted by Gasteiger charge is 2.22. The summed E-state index contributed by atoms with van der Waals surface area (Å²) in [6.45, 7) is 5.74. The highest BCUT2D eigenvalue weighted by Crippen LogP contribution is 2.27. The molecule has 1 aromatic carbocycles. The van der Waals surface area contributed by atoms with E-state index in [1.807, 2.05) is 0 Å². The van der Waals surface area contributed by atoms with Gasteiger partial charge in [0.15, 0.2) is 0 Å². The van der Waals surface area contributed by atoms with Gasteiger partial charge in [-0.1, -0.05) is 17.7 Å². The standard InChI is InChI=1S/C15H22N2O2/c1-3-19-15(18)13(16)10-17-8-4-5-12-9-11(2)6-7-14(12)17/h6-7,9,13H,3-5,8,10,16H2,1-2H3. The lowest BCUT2D eigenvalue weighted by Crippen LogP contribution is -2.45. The van der Waals surface area contributed by atoms with Crippen molar-refractivity contribution in [2.24, 2.45) is 5.73 Å².